The zero-order valence-corrected chi connectivity index (χ0v) is 16.4. The lowest BCUT2D eigenvalue weighted by molar-refractivity contribution is -0.116. The summed E-state index contributed by atoms with van der Waals surface area (Å²) in [7, 11) is 0. The second kappa shape index (κ2) is 7.20. The first kappa shape index (κ1) is 18.2. The van der Waals surface area contributed by atoms with Crippen molar-refractivity contribution in [1.29, 1.82) is 0 Å². The van der Waals surface area contributed by atoms with E-state index in [9.17, 15) is 14.4 Å². The third-order valence-corrected chi connectivity index (χ3v) is 5.64. The lowest BCUT2D eigenvalue weighted by Gasteiger charge is -2.12. The van der Waals surface area contributed by atoms with Gasteiger partial charge in [-0.05, 0) is 12.1 Å². The van der Waals surface area contributed by atoms with E-state index < -0.39 is 0 Å². The minimum absolute atomic E-state index is 0.0113. The average Bonchev–Trinajstić information content (AvgIpc) is 3.39. The normalized spacial score (nSPS) is 13.1. The maximum absolute atomic E-state index is 12.4. The van der Waals surface area contributed by atoms with Gasteiger partial charge in [0.1, 0.15) is 0 Å². The number of nitrogens with one attached hydrogen (secondary N) is 1. The molecule has 3 heterocycles. The Balaban J connectivity index is 1.23. The molecule has 148 valence electrons. The number of hydrogen-bond donors (Lipinski definition) is 1. The molecule has 1 N–H and O–H groups in total. The predicted octanol–water partition coefficient (Wildman–Crippen LogP) is 3.08. The second-order valence-electron chi connectivity index (χ2n) is 6.73. The number of rotatable bonds is 5. The van der Waals surface area contributed by atoms with E-state index in [1.807, 2.05) is 30.3 Å². The Bertz CT molecular complexity index is 1230. The van der Waals surface area contributed by atoms with Crippen molar-refractivity contribution < 1.29 is 14.4 Å². The van der Waals surface area contributed by atoms with Gasteiger partial charge in [-0.2, -0.15) is 0 Å². The van der Waals surface area contributed by atoms with E-state index in [2.05, 4.69) is 15.4 Å². The maximum Gasteiger partial charge on any atom is 0.261 e. The number of amides is 3. The van der Waals surface area contributed by atoms with Gasteiger partial charge in [0, 0.05) is 18.5 Å². The number of carbonyl (C=O) groups is 3. The summed E-state index contributed by atoms with van der Waals surface area (Å²) in [5.41, 5.74) is 2.54. The summed E-state index contributed by atoms with van der Waals surface area (Å²) in [4.78, 5) is 43.3. The fraction of sp³-hybridized carbons (Fsp3) is 0.0952. The Morgan fingerprint density at radius 3 is 2.30 bits per heavy atom. The zero-order valence-electron chi connectivity index (χ0n) is 15.6. The highest BCUT2D eigenvalue weighted by molar-refractivity contribution is 7.20. The third kappa shape index (κ3) is 3.15. The molecule has 0 fully saturated rings. The second-order valence-corrected chi connectivity index (χ2v) is 7.69. The summed E-state index contributed by atoms with van der Waals surface area (Å²) < 4.78 is 1.62. The van der Waals surface area contributed by atoms with E-state index in [4.69, 9.17) is 0 Å². The van der Waals surface area contributed by atoms with Crippen LogP contribution >= 0.6 is 11.3 Å². The SMILES string of the molecule is O=C(CCN1C(=O)c2ccccc2C1=O)Nc1nn2cc(-c3ccccc3)nc2s1. The van der Waals surface area contributed by atoms with Crippen LogP contribution in [0.2, 0.25) is 0 Å². The summed E-state index contributed by atoms with van der Waals surface area (Å²) in [6, 6.07) is 16.4. The number of anilines is 1. The van der Waals surface area contributed by atoms with E-state index in [0.29, 0.717) is 21.2 Å². The molecule has 0 atom stereocenters. The van der Waals surface area contributed by atoms with Gasteiger partial charge in [0.2, 0.25) is 16.0 Å². The number of benzene rings is 2. The molecular weight excluding hydrogens is 402 g/mol. The molecule has 3 amide bonds. The van der Waals surface area contributed by atoms with Crippen molar-refractivity contribution in [1.82, 2.24) is 19.5 Å². The van der Waals surface area contributed by atoms with Gasteiger partial charge in [-0.3, -0.25) is 19.3 Å². The molecule has 0 radical (unpaired) electrons. The first-order valence-electron chi connectivity index (χ1n) is 9.27. The average molecular weight is 417 g/mol. The highest BCUT2D eigenvalue weighted by Gasteiger charge is 2.35. The highest BCUT2D eigenvalue weighted by atomic mass is 32.1. The molecule has 30 heavy (non-hydrogen) atoms. The van der Waals surface area contributed by atoms with Crippen LogP contribution in [0.4, 0.5) is 5.13 Å². The van der Waals surface area contributed by atoms with Crippen molar-refractivity contribution in [2.24, 2.45) is 0 Å². The molecule has 0 unspecified atom stereocenters. The number of hydrogen-bond acceptors (Lipinski definition) is 6. The van der Waals surface area contributed by atoms with E-state index in [1.54, 1.807) is 35.0 Å². The molecule has 4 aromatic rings. The minimum Gasteiger partial charge on any atom is -0.300 e. The molecule has 9 heteroatoms. The summed E-state index contributed by atoms with van der Waals surface area (Å²) in [5.74, 6) is -1.07. The monoisotopic (exact) mass is 417 g/mol. The van der Waals surface area contributed by atoms with Crippen molar-refractivity contribution in [2.75, 3.05) is 11.9 Å². The number of imide groups is 1. The van der Waals surface area contributed by atoms with Crippen LogP contribution in [-0.2, 0) is 4.79 Å². The standard InChI is InChI=1S/C21H15N5O3S/c27-17(10-11-25-18(28)14-8-4-5-9-15(14)19(25)29)23-20-24-26-12-16(22-21(26)30-20)13-6-2-1-3-7-13/h1-9,12H,10-11H2,(H,23,24,27). The first-order chi connectivity index (χ1) is 14.6. The van der Waals surface area contributed by atoms with Crippen molar-refractivity contribution in [2.45, 2.75) is 6.42 Å². The van der Waals surface area contributed by atoms with E-state index in [1.165, 1.54) is 11.3 Å². The molecule has 5 rings (SSSR count). The summed E-state index contributed by atoms with van der Waals surface area (Å²) in [6.07, 6.45) is 1.79. The third-order valence-electron chi connectivity index (χ3n) is 4.80. The molecule has 2 aromatic carbocycles. The molecule has 1 aliphatic heterocycles. The Hall–Kier alpha value is -3.85. The number of imidazole rings is 1. The van der Waals surface area contributed by atoms with Crippen LogP contribution in [0.5, 0.6) is 0 Å². The Morgan fingerprint density at radius 1 is 0.967 bits per heavy atom. The van der Waals surface area contributed by atoms with Crippen molar-refractivity contribution in [3.05, 3.63) is 71.9 Å². The maximum atomic E-state index is 12.4. The quantitative estimate of drug-likeness (QED) is 0.504. The van der Waals surface area contributed by atoms with Gasteiger partial charge in [-0.1, -0.05) is 53.8 Å². The number of nitrogens with zero attached hydrogens (tertiary/aromatic N) is 4. The largest absolute Gasteiger partial charge is 0.300 e. The smallest absolute Gasteiger partial charge is 0.261 e. The van der Waals surface area contributed by atoms with Crippen molar-refractivity contribution >= 4 is 39.2 Å². The van der Waals surface area contributed by atoms with E-state index in [0.717, 1.165) is 16.2 Å². The van der Waals surface area contributed by atoms with Crippen molar-refractivity contribution in [3.8, 4) is 11.3 Å². The van der Waals surface area contributed by atoms with E-state index >= 15 is 0 Å². The van der Waals surface area contributed by atoms with Gasteiger partial charge in [0.15, 0.2) is 0 Å². The Kier molecular flexibility index (Phi) is 4.36. The number of carbonyl (C=O) groups excluding carboxylic acids is 3. The fourth-order valence-corrected chi connectivity index (χ4v) is 4.13. The highest BCUT2D eigenvalue weighted by Crippen LogP contribution is 2.25. The molecule has 0 bridgehead atoms. The molecule has 0 saturated heterocycles. The minimum atomic E-state index is -0.371. The Morgan fingerprint density at radius 2 is 1.63 bits per heavy atom. The van der Waals surface area contributed by atoms with Gasteiger partial charge in [0.05, 0.1) is 23.0 Å². The van der Waals surface area contributed by atoms with Crippen LogP contribution in [0.1, 0.15) is 27.1 Å². The summed E-state index contributed by atoms with van der Waals surface area (Å²) in [6.45, 7) is 0.0127. The van der Waals surface area contributed by atoms with Gasteiger partial charge in [-0.25, -0.2) is 9.50 Å². The molecule has 0 aliphatic carbocycles. The van der Waals surface area contributed by atoms with Crippen molar-refractivity contribution in [3.63, 3.8) is 0 Å². The lowest BCUT2D eigenvalue weighted by Crippen LogP contribution is -2.32. The predicted molar refractivity (Wildman–Crippen MR) is 111 cm³/mol. The van der Waals surface area contributed by atoms with Crippen LogP contribution in [-0.4, -0.2) is 43.8 Å². The van der Waals surface area contributed by atoms with Crippen LogP contribution in [0, 0.1) is 0 Å². The van der Waals surface area contributed by atoms with Gasteiger partial charge < -0.3 is 5.32 Å². The first-order valence-corrected chi connectivity index (χ1v) is 10.1. The molecule has 0 saturated carbocycles. The zero-order chi connectivity index (χ0) is 20.7. The molecule has 0 spiro atoms. The Labute approximate surface area is 174 Å². The van der Waals surface area contributed by atoms with Gasteiger partial charge >= 0.3 is 0 Å². The number of aromatic nitrogens is 3. The molecule has 8 nitrogen and oxygen atoms in total. The van der Waals surface area contributed by atoms with Crippen LogP contribution < -0.4 is 5.32 Å². The lowest BCUT2D eigenvalue weighted by atomic mass is 10.1. The topological polar surface area (TPSA) is 96.7 Å². The van der Waals surface area contributed by atoms with Crippen LogP contribution in [0.15, 0.2) is 60.8 Å². The van der Waals surface area contributed by atoms with E-state index in [-0.39, 0.29) is 30.7 Å². The molecule has 2 aromatic heterocycles. The van der Waals surface area contributed by atoms with Crippen LogP contribution in [0.3, 0.4) is 0 Å². The summed E-state index contributed by atoms with van der Waals surface area (Å²) >= 11 is 1.25. The summed E-state index contributed by atoms with van der Waals surface area (Å²) in [5, 5.41) is 7.45. The van der Waals surface area contributed by atoms with Crippen LogP contribution in [0.25, 0.3) is 16.2 Å². The van der Waals surface area contributed by atoms with Gasteiger partial charge in [-0.15, -0.1) is 5.10 Å². The van der Waals surface area contributed by atoms with Gasteiger partial charge in [0.25, 0.3) is 11.8 Å². The fourth-order valence-electron chi connectivity index (χ4n) is 3.34. The molecule has 1 aliphatic rings. The number of fused-ring (bicyclic) bond motifs is 2. The molecular formula is C21H15N5O3S.